The number of carboxylic acids is 1. The number of rotatable bonds is 14. The Hall–Kier alpha value is -3.39. The van der Waals surface area contributed by atoms with Gasteiger partial charge in [0.05, 0.1) is 6.61 Å². The molecule has 0 radical (unpaired) electrons. The van der Waals surface area contributed by atoms with Gasteiger partial charge >= 0.3 is 18.0 Å². The topological polar surface area (TPSA) is 119 Å². The molecule has 0 heterocycles. The van der Waals surface area contributed by atoms with E-state index in [1.54, 1.807) is 19.1 Å². The van der Waals surface area contributed by atoms with E-state index in [1.807, 2.05) is 48.5 Å². The molecular formula is C26H34N2O6. The number of aryl methyl sites for hydroxylation is 1. The second-order valence-corrected chi connectivity index (χ2v) is 7.88. The number of nitrogens with zero attached hydrogens (tertiary/aromatic N) is 1. The maximum Gasteiger partial charge on any atom is 0.411 e. The highest BCUT2D eigenvalue weighted by atomic mass is 16.6. The maximum atomic E-state index is 13.3. The Morgan fingerprint density at radius 3 is 2.06 bits per heavy atom. The first-order chi connectivity index (χ1) is 16.5. The van der Waals surface area contributed by atoms with Crippen LogP contribution in [0.3, 0.4) is 0 Å². The Morgan fingerprint density at radius 2 is 1.50 bits per heavy atom. The number of carbonyl (C=O) groups is 3. The zero-order valence-electron chi connectivity index (χ0n) is 19.6. The van der Waals surface area contributed by atoms with Crippen LogP contribution in [0.5, 0.6) is 0 Å². The van der Waals surface area contributed by atoms with Crippen LogP contribution < -0.4 is 5.73 Å². The molecule has 184 valence electrons. The third-order valence-electron chi connectivity index (χ3n) is 5.41. The number of ether oxygens (including phenoxy) is 2. The van der Waals surface area contributed by atoms with E-state index in [4.69, 9.17) is 15.2 Å². The highest BCUT2D eigenvalue weighted by molar-refractivity contribution is 5.86. The number of nitrogens with two attached hydrogens (primary N) is 1. The quantitative estimate of drug-likeness (QED) is 0.319. The predicted octanol–water partition coefficient (Wildman–Crippen LogP) is 3.77. The lowest BCUT2D eigenvalue weighted by atomic mass is 10.0. The first-order valence-electron chi connectivity index (χ1n) is 11.6. The summed E-state index contributed by atoms with van der Waals surface area (Å²) in [5, 5.41) is 9.99. The van der Waals surface area contributed by atoms with Crippen molar-refractivity contribution < 1.29 is 29.0 Å². The molecule has 8 nitrogen and oxygen atoms in total. The monoisotopic (exact) mass is 470 g/mol. The lowest BCUT2D eigenvalue weighted by Crippen LogP contribution is -2.54. The number of hydrogen-bond donors (Lipinski definition) is 2. The van der Waals surface area contributed by atoms with Crippen LogP contribution in [0.25, 0.3) is 0 Å². The fourth-order valence-electron chi connectivity index (χ4n) is 3.69. The maximum absolute atomic E-state index is 13.3. The van der Waals surface area contributed by atoms with E-state index in [0.29, 0.717) is 25.8 Å². The normalized spacial score (nSPS) is 12.4. The molecule has 0 aliphatic carbocycles. The summed E-state index contributed by atoms with van der Waals surface area (Å²) in [6.45, 7) is 2.14. The molecule has 2 atom stereocenters. The van der Waals surface area contributed by atoms with E-state index in [9.17, 15) is 19.5 Å². The van der Waals surface area contributed by atoms with E-state index in [-0.39, 0.29) is 26.1 Å². The second-order valence-electron chi connectivity index (χ2n) is 7.88. The number of carboxylic acid groups (broad SMARTS) is 1. The van der Waals surface area contributed by atoms with Crippen molar-refractivity contribution in [2.45, 2.75) is 57.7 Å². The summed E-state index contributed by atoms with van der Waals surface area (Å²) >= 11 is 0. The van der Waals surface area contributed by atoms with Crippen molar-refractivity contribution in [2.24, 2.45) is 5.73 Å². The Morgan fingerprint density at radius 1 is 0.882 bits per heavy atom. The fraction of sp³-hybridized carbons (Fsp3) is 0.423. The Kier molecular flexibility index (Phi) is 11.6. The lowest BCUT2D eigenvalue weighted by Gasteiger charge is -2.34. The van der Waals surface area contributed by atoms with Gasteiger partial charge in [-0.15, -0.1) is 0 Å². The van der Waals surface area contributed by atoms with Crippen molar-refractivity contribution in [3.05, 3.63) is 71.8 Å². The second kappa shape index (κ2) is 14.7. The number of unbranched alkanes of at least 4 members (excludes halogenated alkanes) is 1. The van der Waals surface area contributed by atoms with Gasteiger partial charge in [0.15, 0.2) is 0 Å². The number of esters is 1. The molecule has 2 aromatic carbocycles. The third kappa shape index (κ3) is 8.51. The molecule has 1 amide bonds. The van der Waals surface area contributed by atoms with Crippen molar-refractivity contribution in [2.75, 3.05) is 13.2 Å². The highest BCUT2D eigenvalue weighted by Gasteiger charge is 2.40. The summed E-state index contributed by atoms with van der Waals surface area (Å²) in [7, 11) is 0. The van der Waals surface area contributed by atoms with Crippen LogP contribution in [0.2, 0.25) is 0 Å². The molecule has 0 fully saturated rings. The van der Waals surface area contributed by atoms with Crippen molar-refractivity contribution in [3.63, 3.8) is 0 Å². The standard InChI is InChI=1S/C26H34N2O6/c1-2-33-25(31)23(17-16-20-11-5-3-6-12-20)28(22(24(29)30)15-9-10-18-27)26(32)34-19-21-13-7-4-8-14-21/h3-8,11-14,22-23H,2,9-10,15-19,27H2,1H3,(H,29,30)/t22-,23?/m0/s1. The van der Waals surface area contributed by atoms with Gasteiger partial charge in [-0.25, -0.2) is 14.4 Å². The first kappa shape index (κ1) is 26.9. The lowest BCUT2D eigenvalue weighted by molar-refractivity contribution is -0.154. The molecule has 34 heavy (non-hydrogen) atoms. The largest absolute Gasteiger partial charge is 0.480 e. The fourth-order valence-corrected chi connectivity index (χ4v) is 3.69. The van der Waals surface area contributed by atoms with E-state index >= 15 is 0 Å². The molecule has 8 heteroatoms. The molecule has 0 aliphatic heterocycles. The summed E-state index contributed by atoms with van der Waals surface area (Å²) in [5.41, 5.74) is 7.29. The zero-order chi connectivity index (χ0) is 24.8. The van der Waals surface area contributed by atoms with Crippen molar-refractivity contribution in [1.29, 1.82) is 0 Å². The number of amides is 1. The molecule has 0 spiro atoms. The molecule has 2 rings (SSSR count). The van der Waals surface area contributed by atoms with Gasteiger partial charge in [-0.2, -0.15) is 0 Å². The van der Waals surface area contributed by atoms with Crippen LogP contribution in [0, 0.1) is 0 Å². The summed E-state index contributed by atoms with van der Waals surface area (Å²) in [6.07, 6.45) is 1.03. The van der Waals surface area contributed by atoms with E-state index < -0.39 is 30.1 Å². The zero-order valence-corrected chi connectivity index (χ0v) is 19.6. The van der Waals surface area contributed by atoms with Crippen molar-refractivity contribution in [3.8, 4) is 0 Å². The van der Waals surface area contributed by atoms with Crippen LogP contribution in [-0.4, -0.2) is 53.3 Å². The minimum Gasteiger partial charge on any atom is -0.480 e. The molecule has 0 aliphatic rings. The summed E-state index contributed by atoms with van der Waals surface area (Å²) in [5.74, 6) is -1.86. The van der Waals surface area contributed by atoms with Crippen LogP contribution in [-0.2, 0) is 32.1 Å². The Labute approximate surface area is 200 Å². The number of carbonyl (C=O) groups excluding carboxylic acids is 2. The summed E-state index contributed by atoms with van der Waals surface area (Å²) in [4.78, 5) is 39.5. The van der Waals surface area contributed by atoms with Crippen LogP contribution >= 0.6 is 0 Å². The Bertz CT molecular complexity index is 891. The molecule has 0 saturated carbocycles. The number of benzene rings is 2. The predicted molar refractivity (Wildman–Crippen MR) is 128 cm³/mol. The average molecular weight is 471 g/mol. The summed E-state index contributed by atoms with van der Waals surface area (Å²) < 4.78 is 10.7. The minimum absolute atomic E-state index is 0.0421. The van der Waals surface area contributed by atoms with E-state index in [1.165, 1.54) is 0 Å². The van der Waals surface area contributed by atoms with Crippen molar-refractivity contribution in [1.82, 2.24) is 4.90 Å². The minimum atomic E-state index is -1.25. The van der Waals surface area contributed by atoms with Gasteiger partial charge in [0.2, 0.25) is 0 Å². The van der Waals surface area contributed by atoms with E-state index in [2.05, 4.69) is 0 Å². The van der Waals surface area contributed by atoms with Gasteiger partial charge in [-0.3, -0.25) is 4.90 Å². The van der Waals surface area contributed by atoms with Gasteiger partial charge in [0, 0.05) is 0 Å². The Balaban J connectivity index is 2.33. The van der Waals surface area contributed by atoms with Crippen LogP contribution in [0.1, 0.15) is 43.7 Å². The van der Waals surface area contributed by atoms with Gasteiger partial charge in [0.25, 0.3) is 0 Å². The molecular weight excluding hydrogens is 436 g/mol. The van der Waals surface area contributed by atoms with Crippen LogP contribution in [0.15, 0.2) is 60.7 Å². The molecule has 2 aromatic rings. The van der Waals surface area contributed by atoms with Crippen LogP contribution in [0.4, 0.5) is 4.79 Å². The van der Waals surface area contributed by atoms with Crippen molar-refractivity contribution >= 4 is 18.0 Å². The van der Waals surface area contributed by atoms with E-state index in [0.717, 1.165) is 16.0 Å². The molecule has 1 unspecified atom stereocenters. The van der Waals surface area contributed by atoms with Gasteiger partial charge in [-0.05, 0) is 56.7 Å². The number of hydrogen-bond acceptors (Lipinski definition) is 6. The third-order valence-corrected chi connectivity index (χ3v) is 5.41. The molecule has 0 aromatic heterocycles. The number of aliphatic carboxylic acids is 1. The molecule has 0 saturated heterocycles. The SMILES string of the molecule is CCOC(=O)C(CCc1ccccc1)N(C(=O)OCc1ccccc1)[C@@H](CCCCN)C(=O)O. The molecule has 0 bridgehead atoms. The molecule has 3 N–H and O–H groups in total. The van der Waals surface area contributed by atoms with Gasteiger partial charge < -0.3 is 20.3 Å². The first-order valence-corrected chi connectivity index (χ1v) is 11.6. The highest BCUT2D eigenvalue weighted by Crippen LogP contribution is 2.21. The van der Waals surface area contributed by atoms with Gasteiger partial charge in [0.1, 0.15) is 18.7 Å². The summed E-state index contributed by atoms with van der Waals surface area (Å²) in [6, 6.07) is 16.2. The average Bonchev–Trinajstić information content (AvgIpc) is 2.85. The smallest absolute Gasteiger partial charge is 0.411 e. The van der Waals surface area contributed by atoms with Gasteiger partial charge in [-0.1, -0.05) is 60.7 Å².